The normalized spacial score (nSPS) is 16.7. The Morgan fingerprint density at radius 1 is 0.583 bits per heavy atom. The molecule has 2 aromatic carbocycles. The molecule has 0 aromatic heterocycles. The maximum atomic E-state index is 2.35. The number of hydrogen-bond acceptors (Lipinski definition) is 2. The molecule has 1 saturated carbocycles. The van der Waals surface area contributed by atoms with Crippen LogP contribution in [0.5, 0.6) is 0 Å². The quantitative estimate of drug-likeness (QED) is 0.775. The molecule has 2 heteroatoms. The predicted octanol–water partition coefficient (Wildman–Crippen LogP) is 5.07. The Bertz CT molecular complexity index is 594. The standard InChI is InChI=1S/C22H30N2/c1-23(2)20-12-8-18(9-13-20)22(16-6-5-7-17-22)19-10-14-21(15-11-19)24(3)4/h8-15H,5-7,16-17H2,1-4H3. The van der Waals surface area contributed by atoms with E-state index in [-0.39, 0.29) is 5.41 Å². The first-order chi connectivity index (χ1) is 11.5. The highest BCUT2D eigenvalue weighted by Gasteiger charge is 2.35. The van der Waals surface area contributed by atoms with E-state index in [9.17, 15) is 0 Å². The van der Waals surface area contributed by atoms with Crippen LogP contribution in [-0.4, -0.2) is 28.2 Å². The first-order valence-electron chi connectivity index (χ1n) is 9.09. The Kier molecular flexibility index (Phi) is 4.84. The zero-order valence-corrected chi connectivity index (χ0v) is 15.5. The van der Waals surface area contributed by atoms with Gasteiger partial charge in [0, 0.05) is 45.0 Å². The van der Waals surface area contributed by atoms with Crippen molar-refractivity contribution in [3.8, 4) is 0 Å². The number of anilines is 2. The molecule has 0 saturated heterocycles. The summed E-state index contributed by atoms with van der Waals surface area (Å²) in [7, 11) is 8.41. The summed E-state index contributed by atoms with van der Waals surface area (Å²) in [5.41, 5.74) is 5.68. The van der Waals surface area contributed by atoms with Crippen LogP contribution in [0, 0.1) is 0 Å². The molecule has 2 nitrogen and oxygen atoms in total. The van der Waals surface area contributed by atoms with Gasteiger partial charge in [0.15, 0.2) is 0 Å². The highest BCUT2D eigenvalue weighted by molar-refractivity contribution is 5.52. The third-order valence-corrected chi connectivity index (χ3v) is 5.58. The van der Waals surface area contributed by atoms with Gasteiger partial charge in [-0.3, -0.25) is 0 Å². The molecule has 0 N–H and O–H groups in total. The van der Waals surface area contributed by atoms with E-state index >= 15 is 0 Å². The molecule has 0 heterocycles. The lowest BCUT2D eigenvalue weighted by molar-refractivity contribution is 0.346. The Hall–Kier alpha value is -1.96. The smallest absolute Gasteiger partial charge is 0.0361 e. The molecule has 24 heavy (non-hydrogen) atoms. The van der Waals surface area contributed by atoms with Gasteiger partial charge in [-0.05, 0) is 48.2 Å². The van der Waals surface area contributed by atoms with Gasteiger partial charge in [-0.15, -0.1) is 0 Å². The summed E-state index contributed by atoms with van der Waals surface area (Å²) in [4.78, 5) is 4.34. The fraction of sp³-hybridized carbons (Fsp3) is 0.455. The van der Waals surface area contributed by atoms with Gasteiger partial charge < -0.3 is 9.80 Å². The van der Waals surface area contributed by atoms with Crippen molar-refractivity contribution in [1.29, 1.82) is 0 Å². The molecular formula is C22H30N2. The molecular weight excluding hydrogens is 292 g/mol. The van der Waals surface area contributed by atoms with Gasteiger partial charge in [-0.1, -0.05) is 43.5 Å². The van der Waals surface area contributed by atoms with Crippen LogP contribution in [0.1, 0.15) is 43.2 Å². The first-order valence-corrected chi connectivity index (χ1v) is 9.09. The van der Waals surface area contributed by atoms with Crippen molar-refractivity contribution in [3.05, 3.63) is 59.7 Å². The van der Waals surface area contributed by atoms with Gasteiger partial charge >= 0.3 is 0 Å². The number of hydrogen-bond donors (Lipinski definition) is 0. The molecule has 0 bridgehead atoms. The molecule has 0 aliphatic heterocycles. The second-order valence-corrected chi connectivity index (χ2v) is 7.53. The minimum atomic E-state index is 0.188. The van der Waals surface area contributed by atoms with Crippen LogP contribution in [0.3, 0.4) is 0 Å². The van der Waals surface area contributed by atoms with Crippen LogP contribution < -0.4 is 9.80 Å². The minimum Gasteiger partial charge on any atom is -0.378 e. The fourth-order valence-corrected chi connectivity index (χ4v) is 4.06. The summed E-state index contributed by atoms with van der Waals surface area (Å²) in [6.07, 6.45) is 6.54. The maximum absolute atomic E-state index is 2.35. The summed E-state index contributed by atoms with van der Waals surface area (Å²) in [5.74, 6) is 0. The van der Waals surface area contributed by atoms with E-state index in [2.05, 4.69) is 86.5 Å². The molecule has 0 radical (unpaired) electrons. The average molecular weight is 322 g/mol. The Labute approximate surface area is 147 Å². The van der Waals surface area contributed by atoms with E-state index in [4.69, 9.17) is 0 Å². The topological polar surface area (TPSA) is 6.48 Å². The third kappa shape index (κ3) is 3.15. The van der Waals surface area contributed by atoms with Crippen molar-refractivity contribution < 1.29 is 0 Å². The third-order valence-electron chi connectivity index (χ3n) is 5.58. The van der Waals surface area contributed by atoms with E-state index in [0.717, 1.165) is 0 Å². The predicted molar refractivity (Wildman–Crippen MR) is 105 cm³/mol. The van der Waals surface area contributed by atoms with E-state index in [0.29, 0.717) is 0 Å². The van der Waals surface area contributed by atoms with Gasteiger partial charge in [0.1, 0.15) is 0 Å². The SMILES string of the molecule is CN(C)c1ccc(C2(c3ccc(N(C)C)cc3)CCCCC2)cc1. The van der Waals surface area contributed by atoms with Crippen LogP contribution in [-0.2, 0) is 5.41 Å². The van der Waals surface area contributed by atoms with Gasteiger partial charge in [-0.25, -0.2) is 0 Å². The zero-order chi connectivity index (χ0) is 17.2. The van der Waals surface area contributed by atoms with E-state index in [1.165, 1.54) is 54.6 Å². The summed E-state index contributed by atoms with van der Waals surface area (Å²) in [6.45, 7) is 0. The summed E-state index contributed by atoms with van der Waals surface area (Å²) in [6, 6.07) is 18.4. The van der Waals surface area contributed by atoms with Crippen molar-refractivity contribution in [3.63, 3.8) is 0 Å². The molecule has 1 fully saturated rings. The monoisotopic (exact) mass is 322 g/mol. The van der Waals surface area contributed by atoms with E-state index in [1.807, 2.05) is 0 Å². The second kappa shape index (κ2) is 6.88. The molecule has 0 atom stereocenters. The maximum Gasteiger partial charge on any atom is 0.0361 e. The molecule has 0 unspecified atom stereocenters. The number of benzene rings is 2. The van der Waals surface area contributed by atoms with Crippen molar-refractivity contribution in [2.75, 3.05) is 38.0 Å². The molecule has 1 aliphatic carbocycles. The molecule has 128 valence electrons. The lowest BCUT2D eigenvalue weighted by Crippen LogP contribution is -2.30. The average Bonchev–Trinajstić information content (AvgIpc) is 2.62. The zero-order valence-electron chi connectivity index (χ0n) is 15.5. The molecule has 3 rings (SSSR count). The summed E-state index contributed by atoms with van der Waals surface area (Å²) in [5, 5.41) is 0. The summed E-state index contributed by atoms with van der Waals surface area (Å²) < 4.78 is 0. The van der Waals surface area contributed by atoms with Crippen molar-refractivity contribution in [2.24, 2.45) is 0 Å². The lowest BCUT2D eigenvalue weighted by Gasteiger charge is -2.39. The number of nitrogens with zero attached hydrogens (tertiary/aromatic N) is 2. The molecule has 2 aromatic rings. The van der Waals surface area contributed by atoms with E-state index in [1.54, 1.807) is 0 Å². The van der Waals surface area contributed by atoms with Gasteiger partial charge in [0.05, 0.1) is 0 Å². The van der Waals surface area contributed by atoms with Crippen molar-refractivity contribution in [2.45, 2.75) is 37.5 Å². The van der Waals surface area contributed by atoms with Crippen LogP contribution >= 0.6 is 0 Å². The summed E-state index contributed by atoms with van der Waals surface area (Å²) >= 11 is 0. The van der Waals surface area contributed by atoms with E-state index < -0.39 is 0 Å². The van der Waals surface area contributed by atoms with Gasteiger partial charge in [0.25, 0.3) is 0 Å². The minimum absolute atomic E-state index is 0.188. The highest BCUT2D eigenvalue weighted by Crippen LogP contribution is 2.45. The second-order valence-electron chi connectivity index (χ2n) is 7.53. The van der Waals surface area contributed by atoms with Crippen molar-refractivity contribution in [1.82, 2.24) is 0 Å². The van der Waals surface area contributed by atoms with Crippen LogP contribution in [0.25, 0.3) is 0 Å². The van der Waals surface area contributed by atoms with Gasteiger partial charge in [-0.2, -0.15) is 0 Å². The largest absolute Gasteiger partial charge is 0.378 e. The molecule has 0 spiro atoms. The van der Waals surface area contributed by atoms with Crippen LogP contribution in [0.4, 0.5) is 11.4 Å². The van der Waals surface area contributed by atoms with Gasteiger partial charge in [0.2, 0.25) is 0 Å². The van der Waals surface area contributed by atoms with Crippen LogP contribution in [0.15, 0.2) is 48.5 Å². The number of rotatable bonds is 4. The Morgan fingerprint density at radius 2 is 0.958 bits per heavy atom. The Balaban J connectivity index is 2.01. The first kappa shape index (κ1) is 16.9. The molecule has 1 aliphatic rings. The Morgan fingerprint density at radius 3 is 1.29 bits per heavy atom. The lowest BCUT2D eigenvalue weighted by atomic mass is 9.65. The molecule has 0 amide bonds. The van der Waals surface area contributed by atoms with Crippen LogP contribution in [0.2, 0.25) is 0 Å². The van der Waals surface area contributed by atoms with Crippen molar-refractivity contribution >= 4 is 11.4 Å². The highest BCUT2D eigenvalue weighted by atomic mass is 15.1. The fourth-order valence-electron chi connectivity index (χ4n) is 4.06.